The van der Waals surface area contributed by atoms with Gasteiger partial charge in [-0.1, -0.05) is 26.3 Å². The first-order valence-corrected chi connectivity index (χ1v) is 3.41. The van der Waals surface area contributed by atoms with Crippen molar-refractivity contribution in [1.29, 1.82) is 5.41 Å². The van der Waals surface area contributed by atoms with Crippen LogP contribution in [0, 0.1) is 11.3 Å². The van der Waals surface area contributed by atoms with Crippen LogP contribution in [-0.4, -0.2) is 6.21 Å². The predicted octanol–water partition coefficient (Wildman–Crippen LogP) is 2.63. The van der Waals surface area contributed by atoms with Crippen molar-refractivity contribution in [1.82, 2.24) is 0 Å². The molecular formula is C8H15N. The Kier molecular flexibility index (Phi) is 4.02. The third-order valence-corrected chi connectivity index (χ3v) is 1.45. The molecule has 0 saturated carbocycles. The van der Waals surface area contributed by atoms with E-state index in [1.807, 2.05) is 6.08 Å². The van der Waals surface area contributed by atoms with Gasteiger partial charge in [-0.05, 0) is 18.4 Å². The highest BCUT2D eigenvalue weighted by molar-refractivity contribution is 5.68. The van der Waals surface area contributed by atoms with Crippen LogP contribution in [0.1, 0.15) is 27.2 Å². The van der Waals surface area contributed by atoms with Crippen molar-refractivity contribution in [3.63, 3.8) is 0 Å². The Labute approximate surface area is 57.3 Å². The molecule has 1 N–H and O–H groups in total. The molecule has 0 heterocycles. The third-order valence-electron chi connectivity index (χ3n) is 1.45. The lowest BCUT2D eigenvalue weighted by atomic mass is 10.0. The summed E-state index contributed by atoms with van der Waals surface area (Å²) in [6, 6.07) is 0. The van der Waals surface area contributed by atoms with E-state index in [-0.39, 0.29) is 0 Å². The fraction of sp³-hybridized carbons (Fsp3) is 0.625. The maximum atomic E-state index is 6.83. The van der Waals surface area contributed by atoms with Crippen molar-refractivity contribution in [2.45, 2.75) is 27.2 Å². The van der Waals surface area contributed by atoms with Gasteiger partial charge < -0.3 is 5.41 Å². The minimum atomic E-state index is 0.594. The Morgan fingerprint density at radius 3 is 2.22 bits per heavy atom. The summed E-state index contributed by atoms with van der Waals surface area (Å²) >= 11 is 0. The van der Waals surface area contributed by atoms with Crippen LogP contribution in [0.25, 0.3) is 0 Å². The van der Waals surface area contributed by atoms with Gasteiger partial charge in [0.15, 0.2) is 0 Å². The molecule has 0 aliphatic carbocycles. The monoisotopic (exact) mass is 125 g/mol. The molecule has 0 aromatic carbocycles. The Hall–Kier alpha value is -0.590. The van der Waals surface area contributed by atoms with E-state index in [9.17, 15) is 0 Å². The Bertz CT molecular complexity index is 112. The number of hydrogen-bond acceptors (Lipinski definition) is 1. The van der Waals surface area contributed by atoms with E-state index in [0.29, 0.717) is 5.92 Å². The van der Waals surface area contributed by atoms with Gasteiger partial charge in [0.05, 0.1) is 0 Å². The van der Waals surface area contributed by atoms with Crippen LogP contribution in [0.3, 0.4) is 0 Å². The number of hydrogen-bond donors (Lipinski definition) is 1. The maximum absolute atomic E-state index is 6.83. The molecule has 0 spiro atoms. The van der Waals surface area contributed by atoms with Gasteiger partial charge in [0, 0.05) is 6.21 Å². The smallest absolute Gasteiger partial charge is 0.0177 e. The van der Waals surface area contributed by atoms with Crippen molar-refractivity contribution in [3.8, 4) is 0 Å². The summed E-state index contributed by atoms with van der Waals surface area (Å²) in [4.78, 5) is 0. The topological polar surface area (TPSA) is 23.9 Å². The van der Waals surface area contributed by atoms with Crippen molar-refractivity contribution >= 4 is 6.21 Å². The summed E-state index contributed by atoms with van der Waals surface area (Å²) in [5.41, 5.74) is 1.35. The molecular weight excluding hydrogens is 110 g/mol. The molecule has 1 nitrogen and oxygen atoms in total. The fourth-order valence-electron chi connectivity index (χ4n) is 0.826. The minimum absolute atomic E-state index is 0.594. The zero-order valence-electron chi connectivity index (χ0n) is 6.44. The zero-order chi connectivity index (χ0) is 7.28. The molecule has 0 radical (unpaired) electrons. The van der Waals surface area contributed by atoms with Gasteiger partial charge in [0.25, 0.3) is 0 Å². The standard InChI is InChI=1S/C8H15N/c1-4-8(5-6-9)7(2)3/h5-7,9H,4H2,1-3H3. The predicted molar refractivity (Wildman–Crippen MR) is 42.0 cm³/mol. The summed E-state index contributed by atoms with van der Waals surface area (Å²) < 4.78 is 0. The maximum Gasteiger partial charge on any atom is 0.0177 e. The Balaban J connectivity index is 3.96. The second-order valence-electron chi connectivity index (χ2n) is 2.42. The second kappa shape index (κ2) is 4.30. The summed E-state index contributed by atoms with van der Waals surface area (Å²) in [6.07, 6.45) is 4.30. The lowest BCUT2D eigenvalue weighted by Crippen LogP contribution is -1.91. The molecule has 0 bridgehead atoms. The summed E-state index contributed by atoms with van der Waals surface area (Å²) in [5.74, 6) is 0.594. The lowest BCUT2D eigenvalue weighted by molar-refractivity contribution is 0.734. The van der Waals surface area contributed by atoms with E-state index < -0.39 is 0 Å². The summed E-state index contributed by atoms with van der Waals surface area (Å²) in [5, 5.41) is 6.83. The van der Waals surface area contributed by atoms with E-state index in [2.05, 4.69) is 20.8 Å². The van der Waals surface area contributed by atoms with E-state index in [0.717, 1.165) is 6.42 Å². The second-order valence-corrected chi connectivity index (χ2v) is 2.42. The molecule has 9 heavy (non-hydrogen) atoms. The average molecular weight is 125 g/mol. The highest BCUT2D eigenvalue weighted by Gasteiger charge is 1.96. The molecule has 1 heteroatoms. The SMILES string of the molecule is CCC(=CC=N)C(C)C. The summed E-state index contributed by atoms with van der Waals surface area (Å²) in [6.45, 7) is 6.42. The number of nitrogens with one attached hydrogen (secondary N) is 1. The Morgan fingerprint density at radius 2 is 2.11 bits per heavy atom. The van der Waals surface area contributed by atoms with Crippen LogP contribution in [0.4, 0.5) is 0 Å². The van der Waals surface area contributed by atoms with Crippen LogP contribution in [-0.2, 0) is 0 Å². The van der Waals surface area contributed by atoms with Gasteiger partial charge in [-0.3, -0.25) is 0 Å². The molecule has 0 aromatic rings. The molecule has 0 aromatic heterocycles. The minimum Gasteiger partial charge on any atom is -0.309 e. The molecule has 0 atom stereocenters. The zero-order valence-corrected chi connectivity index (χ0v) is 6.44. The van der Waals surface area contributed by atoms with Gasteiger partial charge in [-0.25, -0.2) is 0 Å². The molecule has 0 aliphatic rings. The van der Waals surface area contributed by atoms with Crippen molar-refractivity contribution in [2.75, 3.05) is 0 Å². The molecule has 0 fully saturated rings. The van der Waals surface area contributed by atoms with Crippen LogP contribution in [0.5, 0.6) is 0 Å². The largest absolute Gasteiger partial charge is 0.309 e. The van der Waals surface area contributed by atoms with Crippen LogP contribution in [0.2, 0.25) is 0 Å². The van der Waals surface area contributed by atoms with Gasteiger partial charge in [0.2, 0.25) is 0 Å². The van der Waals surface area contributed by atoms with Gasteiger partial charge in [-0.2, -0.15) is 0 Å². The first kappa shape index (κ1) is 8.41. The molecule has 0 rings (SSSR count). The van der Waals surface area contributed by atoms with Crippen LogP contribution < -0.4 is 0 Å². The van der Waals surface area contributed by atoms with Crippen LogP contribution in [0.15, 0.2) is 11.6 Å². The number of allylic oxidation sites excluding steroid dienone is 2. The van der Waals surface area contributed by atoms with E-state index >= 15 is 0 Å². The first-order chi connectivity index (χ1) is 4.22. The van der Waals surface area contributed by atoms with Gasteiger partial charge in [-0.15, -0.1) is 0 Å². The quantitative estimate of drug-likeness (QED) is 0.561. The highest BCUT2D eigenvalue weighted by atomic mass is 14.3. The normalized spacial score (nSPS) is 12.2. The lowest BCUT2D eigenvalue weighted by Gasteiger charge is -2.05. The molecule has 0 amide bonds. The van der Waals surface area contributed by atoms with E-state index in [1.165, 1.54) is 11.8 Å². The molecule has 0 saturated heterocycles. The average Bonchev–Trinajstić information content (AvgIpc) is 1.82. The van der Waals surface area contributed by atoms with E-state index in [1.54, 1.807) is 0 Å². The highest BCUT2D eigenvalue weighted by Crippen LogP contribution is 2.11. The van der Waals surface area contributed by atoms with Crippen molar-refractivity contribution in [2.24, 2.45) is 5.92 Å². The fourth-order valence-corrected chi connectivity index (χ4v) is 0.826. The van der Waals surface area contributed by atoms with Crippen LogP contribution >= 0.6 is 0 Å². The summed E-state index contributed by atoms with van der Waals surface area (Å²) in [7, 11) is 0. The molecule has 0 unspecified atom stereocenters. The third kappa shape index (κ3) is 3.07. The Morgan fingerprint density at radius 1 is 1.56 bits per heavy atom. The first-order valence-electron chi connectivity index (χ1n) is 3.41. The van der Waals surface area contributed by atoms with Crippen molar-refractivity contribution < 1.29 is 0 Å². The van der Waals surface area contributed by atoms with Gasteiger partial charge >= 0.3 is 0 Å². The number of rotatable bonds is 3. The van der Waals surface area contributed by atoms with Gasteiger partial charge in [0.1, 0.15) is 0 Å². The molecule has 0 aliphatic heterocycles. The van der Waals surface area contributed by atoms with Crippen molar-refractivity contribution in [3.05, 3.63) is 11.6 Å². The molecule has 52 valence electrons. The van der Waals surface area contributed by atoms with E-state index in [4.69, 9.17) is 5.41 Å².